The van der Waals surface area contributed by atoms with E-state index in [1.54, 1.807) is 0 Å². The van der Waals surface area contributed by atoms with Crippen LogP contribution in [0.1, 0.15) is 31.5 Å². The molecule has 1 aromatic heterocycles. The van der Waals surface area contributed by atoms with Gasteiger partial charge in [-0.15, -0.1) is 0 Å². The highest BCUT2D eigenvalue weighted by molar-refractivity contribution is 5.90. The maximum atomic E-state index is 11.7. The normalized spacial score (nSPS) is 12.2. The number of aromatic nitrogens is 1. The molecule has 0 saturated carbocycles. The number of hydrogen-bond acceptors (Lipinski definition) is 3. The molecule has 4 heteroatoms. The number of hydrogen-bond donors (Lipinski definition) is 2. The van der Waals surface area contributed by atoms with Crippen LogP contribution in [-0.4, -0.2) is 23.5 Å². The number of anilines is 1. The summed E-state index contributed by atoms with van der Waals surface area (Å²) in [6.07, 6.45) is 0.461. The van der Waals surface area contributed by atoms with E-state index >= 15 is 0 Å². The molecule has 0 bridgehead atoms. The number of nitrogens with one attached hydrogen (secondary N) is 2. The Balaban J connectivity index is 2.56. The van der Waals surface area contributed by atoms with Gasteiger partial charge in [-0.2, -0.15) is 0 Å². The second-order valence-electron chi connectivity index (χ2n) is 4.38. The van der Waals surface area contributed by atoms with Crippen molar-refractivity contribution in [2.75, 3.05) is 11.9 Å². The molecule has 94 valence electrons. The van der Waals surface area contributed by atoms with E-state index in [-0.39, 0.29) is 11.9 Å². The van der Waals surface area contributed by atoms with Crippen molar-refractivity contribution in [2.45, 2.75) is 40.2 Å². The number of pyridine rings is 1. The molecule has 0 radical (unpaired) electrons. The van der Waals surface area contributed by atoms with Crippen LogP contribution in [0.15, 0.2) is 12.1 Å². The highest BCUT2D eigenvalue weighted by Crippen LogP contribution is 2.09. The minimum Gasteiger partial charge on any atom is -0.314 e. The SMILES string of the molecule is CCNC(C)CC(=O)Nc1cc(C)cc(C)n1. The maximum absolute atomic E-state index is 11.7. The molecular weight excluding hydrogens is 214 g/mol. The number of rotatable bonds is 5. The molecule has 0 saturated heterocycles. The van der Waals surface area contributed by atoms with Gasteiger partial charge in [-0.25, -0.2) is 4.98 Å². The average molecular weight is 235 g/mol. The Kier molecular flexibility index (Phi) is 5.10. The quantitative estimate of drug-likeness (QED) is 0.821. The van der Waals surface area contributed by atoms with E-state index in [0.29, 0.717) is 12.2 Å². The molecule has 2 N–H and O–H groups in total. The van der Waals surface area contributed by atoms with Gasteiger partial charge in [0.1, 0.15) is 5.82 Å². The number of carbonyl (C=O) groups is 1. The van der Waals surface area contributed by atoms with E-state index in [4.69, 9.17) is 0 Å². The van der Waals surface area contributed by atoms with E-state index in [0.717, 1.165) is 17.8 Å². The van der Waals surface area contributed by atoms with Gasteiger partial charge in [0.05, 0.1) is 0 Å². The summed E-state index contributed by atoms with van der Waals surface area (Å²) in [5.74, 6) is 0.632. The Bertz CT molecular complexity index is 370. The molecule has 17 heavy (non-hydrogen) atoms. The van der Waals surface area contributed by atoms with Gasteiger partial charge < -0.3 is 10.6 Å². The van der Waals surface area contributed by atoms with E-state index in [2.05, 4.69) is 15.6 Å². The van der Waals surface area contributed by atoms with E-state index < -0.39 is 0 Å². The van der Waals surface area contributed by atoms with E-state index in [1.807, 2.05) is 39.8 Å². The van der Waals surface area contributed by atoms with Crippen LogP contribution in [0, 0.1) is 13.8 Å². The van der Waals surface area contributed by atoms with E-state index in [1.165, 1.54) is 0 Å². The first-order chi connectivity index (χ1) is 8.01. The zero-order valence-corrected chi connectivity index (χ0v) is 11.0. The number of aryl methyl sites for hydroxylation is 2. The fourth-order valence-electron chi connectivity index (χ4n) is 1.80. The van der Waals surface area contributed by atoms with Crippen molar-refractivity contribution < 1.29 is 4.79 Å². The fraction of sp³-hybridized carbons (Fsp3) is 0.538. The molecule has 0 aliphatic heterocycles. The highest BCUT2D eigenvalue weighted by Gasteiger charge is 2.08. The zero-order valence-electron chi connectivity index (χ0n) is 11.0. The molecule has 1 rings (SSSR count). The lowest BCUT2D eigenvalue weighted by Crippen LogP contribution is -2.30. The molecule has 0 aromatic carbocycles. The minimum atomic E-state index is -0.00375. The molecule has 4 nitrogen and oxygen atoms in total. The lowest BCUT2D eigenvalue weighted by Gasteiger charge is -2.12. The third-order valence-corrected chi connectivity index (χ3v) is 2.41. The maximum Gasteiger partial charge on any atom is 0.227 e. The Morgan fingerprint density at radius 3 is 2.71 bits per heavy atom. The number of amides is 1. The summed E-state index contributed by atoms with van der Waals surface area (Å²) in [7, 11) is 0. The van der Waals surface area contributed by atoms with Crippen LogP contribution < -0.4 is 10.6 Å². The van der Waals surface area contributed by atoms with Gasteiger partial charge >= 0.3 is 0 Å². The van der Waals surface area contributed by atoms with Crippen molar-refractivity contribution in [2.24, 2.45) is 0 Å². The molecule has 1 aromatic rings. The van der Waals surface area contributed by atoms with Gasteiger partial charge in [0.15, 0.2) is 0 Å². The number of nitrogens with zero attached hydrogens (tertiary/aromatic N) is 1. The molecule has 0 fully saturated rings. The molecule has 1 unspecified atom stereocenters. The third kappa shape index (κ3) is 4.95. The summed E-state index contributed by atoms with van der Waals surface area (Å²) in [5.41, 5.74) is 2.02. The van der Waals surface area contributed by atoms with Crippen LogP contribution in [0.5, 0.6) is 0 Å². The second kappa shape index (κ2) is 6.35. The Morgan fingerprint density at radius 1 is 1.41 bits per heavy atom. The predicted octanol–water partition coefficient (Wildman–Crippen LogP) is 2.03. The summed E-state index contributed by atoms with van der Waals surface area (Å²) in [6, 6.07) is 4.05. The van der Waals surface area contributed by atoms with Gasteiger partial charge in [-0.3, -0.25) is 4.79 Å². The van der Waals surface area contributed by atoms with Crippen LogP contribution >= 0.6 is 0 Å². The summed E-state index contributed by atoms with van der Waals surface area (Å²) in [6.45, 7) is 8.81. The first-order valence-electron chi connectivity index (χ1n) is 5.99. The van der Waals surface area contributed by atoms with E-state index in [9.17, 15) is 4.79 Å². The predicted molar refractivity (Wildman–Crippen MR) is 70.1 cm³/mol. The van der Waals surface area contributed by atoms with Crippen molar-refractivity contribution in [3.8, 4) is 0 Å². The van der Waals surface area contributed by atoms with Gasteiger partial charge in [0.25, 0.3) is 0 Å². The van der Waals surface area contributed by atoms with Crippen LogP contribution in [0.2, 0.25) is 0 Å². The number of carbonyl (C=O) groups excluding carboxylic acids is 1. The van der Waals surface area contributed by atoms with Gasteiger partial charge in [-0.05, 0) is 45.0 Å². The molecule has 0 spiro atoms. The lowest BCUT2D eigenvalue weighted by atomic mass is 10.2. The second-order valence-corrected chi connectivity index (χ2v) is 4.38. The third-order valence-electron chi connectivity index (χ3n) is 2.41. The van der Waals surface area contributed by atoms with Crippen LogP contribution in [0.4, 0.5) is 5.82 Å². The zero-order chi connectivity index (χ0) is 12.8. The lowest BCUT2D eigenvalue weighted by molar-refractivity contribution is -0.116. The van der Waals surface area contributed by atoms with Crippen molar-refractivity contribution >= 4 is 11.7 Å². The van der Waals surface area contributed by atoms with Crippen LogP contribution in [0.25, 0.3) is 0 Å². The largest absolute Gasteiger partial charge is 0.314 e. The van der Waals surface area contributed by atoms with Crippen molar-refractivity contribution in [3.05, 3.63) is 23.4 Å². The Hall–Kier alpha value is -1.42. The first-order valence-corrected chi connectivity index (χ1v) is 5.99. The van der Waals surface area contributed by atoms with Gasteiger partial charge in [0.2, 0.25) is 5.91 Å². The van der Waals surface area contributed by atoms with Crippen LogP contribution in [0.3, 0.4) is 0 Å². The smallest absolute Gasteiger partial charge is 0.227 e. The standard InChI is InChI=1S/C13H21N3O/c1-5-14-10(3)8-13(17)16-12-7-9(2)6-11(4)15-12/h6-7,10,14H,5,8H2,1-4H3,(H,15,16,17). The summed E-state index contributed by atoms with van der Waals surface area (Å²) in [4.78, 5) is 16.0. The highest BCUT2D eigenvalue weighted by atomic mass is 16.1. The Labute approximate surface area is 103 Å². The summed E-state index contributed by atoms with van der Waals surface area (Å²) >= 11 is 0. The molecule has 1 heterocycles. The van der Waals surface area contributed by atoms with Crippen molar-refractivity contribution in [1.29, 1.82) is 0 Å². The fourth-order valence-corrected chi connectivity index (χ4v) is 1.80. The van der Waals surface area contributed by atoms with Gasteiger partial charge in [-0.1, -0.05) is 6.92 Å². The molecule has 1 amide bonds. The Morgan fingerprint density at radius 2 is 2.12 bits per heavy atom. The average Bonchev–Trinajstić information content (AvgIpc) is 2.14. The summed E-state index contributed by atoms with van der Waals surface area (Å²) in [5, 5.41) is 6.03. The summed E-state index contributed by atoms with van der Waals surface area (Å²) < 4.78 is 0. The molecule has 1 atom stereocenters. The molecule has 0 aliphatic rings. The monoisotopic (exact) mass is 235 g/mol. The van der Waals surface area contributed by atoms with Crippen molar-refractivity contribution in [3.63, 3.8) is 0 Å². The van der Waals surface area contributed by atoms with Crippen molar-refractivity contribution in [1.82, 2.24) is 10.3 Å². The van der Waals surface area contributed by atoms with Crippen LogP contribution in [-0.2, 0) is 4.79 Å². The molecular formula is C13H21N3O. The minimum absolute atomic E-state index is 0.00375. The first kappa shape index (κ1) is 13.6. The van der Waals surface area contributed by atoms with Gasteiger partial charge in [0, 0.05) is 18.2 Å². The topological polar surface area (TPSA) is 54.0 Å². The molecule has 0 aliphatic carbocycles.